The summed E-state index contributed by atoms with van der Waals surface area (Å²) in [7, 11) is 1.55. The van der Waals surface area contributed by atoms with Gasteiger partial charge in [0, 0.05) is 31.3 Å². The predicted molar refractivity (Wildman–Crippen MR) is 134 cm³/mol. The van der Waals surface area contributed by atoms with Gasteiger partial charge >= 0.3 is 5.92 Å². The van der Waals surface area contributed by atoms with E-state index in [-0.39, 0.29) is 38.0 Å². The number of aliphatic hydroxyl groups excluding tert-OH is 1. The van der Waals surface area contributed by atoms with Crippen LogP contribution in [0.4, 0.5) is 8.78 Å². The number of ether oxygens (including phenoxy) is 3. The Morgan fingerprint density at radius 2 is 1.92 bits per heavy atom. The third kappa shape index (κ3) is 6.70. The number of aliphatic hydroxyl groups is 1. The minimum absolute atomic E-state index is 0.149. The third-order valence-corrected chi connectivity index (χ3v) is 6.57. The van der Waals surface area contributed by atoms with E-state index in [1.165, 1.54) is 17.0 Å². The maximum atomic E-state index is 14.9. The average Bonchev–Trinajstić information content (AvgIpc) is 3.24. The summed E-state index contributed by atoms with van der Waals surface area (Å²) in [5, 5.41) is 14.3. The smallest absolute Gasteiger partial charge is 0.349 e. The number of rotatable bonds is 12. The molecule has 0 aliphatic carbocycles. The van der Waals surface area contributed by atoms with Crippen molar-refractivity contribution >= 4 is 17.7 Å². The average molecular weight is 548 g/mol. The molecule has 210 valence electrons. The molecule has 2 aliphatic heterocycles. The van der Waals surface area contributed by atoms with Crippen LogP contribution in [0.25, 0.3) is 0 Å². The van der Waals surface area contributed by atoms with E-state index in [9.17, 15) is 28.3 Å². The number of methoxy groups -OCH3 is 1. The number of hydrogen-bond donors (Lipinski definition) is 3. The number of fused-ring (bicyclic) bond motifs is 1. The molecule has 3 N–H and O–H groups in total. The summed E-state index contributed by atoms with van der Waals surface area (Å²) in [5.41, 5.74) is 1.06. The van der Waals surface area contributed by atoms with E-state index in [0.29, 0.717) is 42.7 Å². The molecule has 0 saturated carbocycles. The topological polar surface area (TPSA) is 126 Å². The lowest BCUT2D eigenvalue weighted by atomic mass is 10.0. The van der Waals surface area contributed by atoms with Crippen molar-refractivity contribution in [3.8, 4) is 5.75 Å². The highest BCUT2D eigenvalue weighted by Crippen LogP contribution is 2.31. The van der Waals surface area contributed by atoms with Gasteiger partial charge in [-0.2, -0.15) is 8.78 Å². The maximum absolute atomic E-state index is 14.9. The largest absolute Gasteiger partial charge is 0.491 e. The summed E-state index contributed by atoms with van der Waals surface area (Å²) in [4.78, 5) is 39.0. The van der Waals surface area contributed by atoms with Crippen molar-refractivity contribution in [2.75, 3.05) is 33.5 Å². The maximum Gasteiger partial charge on any atom is 0.349 e. The zero-order chi connectivity index (χ0) is 28.0. The van der Waals surface area contributed by atoms with Crippen LogP contribution in [-0.4, -0.2) is 73.5 Å². The number of carbonyl (C=O) groups excluding carboxylic acids is 3. The Bertz CT molecular complexity index is 1210. The number of nitrogens with one attached hydrogen (secondary N) is 2. The van der Waals surface area contributed by atoms with Crippen LogP contribution in [0.15, 0.2) is 42.5 Å². The summed E-state index contributed by atoms with van der Waals surface area (Å²) in [6.07, 6.45) is -0.262. The number of alkyl halides is 2. The van der Waals surface area contributed by atoms with Gasteiger partial charge in [-0.3, -0.25) is 14.4 Å². The second kappa shape index (κ2) is 12.5. The van der Waals surface area contributed by atoms with Gasteiger partial charge < -0.3 is 34.9 Å². The lowest BCUT2D eigenvalue weighted by Crippen LogP contribution is -2.54. The molecular weight excluding hydrogens is 516 g/mol. The molecule has 2 aromatic carbocycles. The number of nitrogens with zero attached hydrogens (tertiary/aromatic N) is 1. The first-order chi connectivity index (χ1) is 18.7. The molecule has 2 aromatic rings. The third-order valence-electron chi connectivity index (χ3n) is 6.57. The Kier molecular flexibility index (Phi) is 9.10. The lowest BCUT2D eigenvalue weighted by Gasteiger charge is -2.32. The van der Waals surface area contributed by atoms with E-state index >= 15 is 0 Å². The first-order valence-corrected chi connectivity index (χ1v) is 12.6. The fraction of sp³-hybridized carbons (Fsp3) is 0.444. The highest BCUT2D eigenvalue weighted by molar-refractivity contribution is 6.01. The molecule has 10 nitrogen and oxygen atoms in total. The van der Waals surface area contributed by atoms with E-state index in [2.05, 4.69) is 10.6 Å². The zero-order valence-corrected chi connectivity index (χ0v) is 21.5. The highest BCUT2D eigenvalue weighted by atomic mass is 19.3. The first kappa shape index (κ1) is 28.4. The van der Waals surface area contributed by atoms with Gasteiger partial charge in [-0.1, -0.05) is 24.3 Å². The number of amides is 3. The molecule has 3 amide bonds. The number of benzene rings is 2. The van der Waals surface area contributed by atoms with Crippen molar-refractivity contribution in [1.82, 2.24) is 15.5 Å². The second-order valence-corrected chi connectivity index (χ2v) is 9.28. The van der Waals surface area contributed by atoms with Crippen LogP contribution < -0.4 is 15.4 Å². The predicted octanol–water partition coefficient (Wildman–Crippen LogP) is 1.69. The van der Waals surface area contributed by atoms with E-state index in [4.69, 9.17) is 14.2 Å². The molecule has 4 rings (SSSR count). The standard InChI is InChI=1S/C27H31F2N3O7/c1-37-9-10-38-11-12-39-20-4-2-3-19(14-20)27(28,29)26(36)30-15-17-5-6-21-18(13-17)16-32(25(21)35)22-7-8-23(33)31-24(22)34/h2-6,13-14,22-23,33H,7-12,15-16H2,1H3,(H,30,36)(H,31,34). The molecule has 0 bridgehead atoms. The molecule has 0 aromatic heterocycles. The molecule has 2 aliphatic rings. The van der Waals surface area contributed by atoms with Gasteiger partial charge in [0.05, 0.1) is 19.8 Å². The monoisotopic (exact) mass is 547 g/mol. The summed E-state index contributed by atoms with van der Waals surface area (Å²) < 4.78 is 45.5. The zero-order valence-electron chi connectivity index (χ0n) is 21.5. The van der Waals surface area contributed by atoms with Gasteiger partial charge in [0.1, 0.15) is 24.6 Å². The van der Waals surface area contributed by atoms with Gasteiger partial charge in [-0.25, -0.2) is 0 Å². The van der Waals surface area contributed by atoms with Crippen molar-refractivity contribution in [3.05, 3.63) is 64.7 Å². The summed E-state index contributed by atoms with van der Waals surface area (Å²) in [6.45, 7) is 1.22. The first-order valence-electron chi connectivity index (χ1n) is 12.6. The summed E-state index contributed by atoms with van der Waals surface area (Å²) >= 11 is 0. The molecule has 0 spiro atoms. The van der Waals surface area contributed by atoms with Crippen molar-refractivity contribution in [1.29, 1.82) is 0 Å². The van der Waals surface area contributed by atoms with Crippen molar-refractivity contribution in [3.63, 3.8) is 0 Å². The molecule has 2 atom stereocenters. The van der Waals surface area contributed by atoms with Crippen LogP contribution in [-0.2, 0) is 38.1 Å². The van der Waals surface area contributed by atoms with E-state index in [1.807, 2.05) is 0 Å². The van der Waals surface area contributed by atoms with Crippen LogP contribution in [0.2, 0.25) is 0 Å². The van der Waals surface area contributed by atoms with Crippen LogP contribution in [0.1, 0.15) is 39.9 Å². The Morgan fingerprint density at radius 1 is 1.13 bits per heavy atom. The van der Waals surface area contributed by atoms with Crippen LogP contribution >= 0.6 is 0 Å². The lowest BCUT2D eigenvalue weighted by molar-refractivity contribution is -0.147. The normalized spacial score (nSPS) is 19.0. The van der Waals surface area contributed by atoms with Crippen molar-refractivity contribution in [2.45, 2.75) is 44.1 Å². The molecule has 1 saturated heterocycles. The number of halogens is 2. The van der Waals surface area contributed by atoms with E-state index in [0.717, 1.165) is 12.1 Å². The Morgan fingerprint density at radius 3 is 2.69 bits per heavy atom. The molecular formula is C27H31F2N3O7. The van der Waals surface area contributed by atoms with Gasteiger partial charge in [0.2, 0.25) is 5.91 Å². The Labute approximate surface area is 224 Å². The van der Waals surface area contributed by atoms with Gasteiger partial charge in [0.15, 0.2) is 0 Å². The minimum Gasteiger partial charge on any atom is -0.491 e. The van der Waals surface area contributed by atoms with E-state index in [1.54, 1.807) is 25.3 Å². The second-order valence-electron chi connectivity index (χ2n) is 9.28. The molecule has 2 heterocycles. The molecule has 1 fully saturated rings. The number of carbonyl (C=O) groups is 3. The van der Waals surface area contributed by atoms with Crippen LogP contribution in [0, 0.1) is 0 Å². The highest BCUT2D eigenvalue weighted by Gasteiger charge is 2.41. The van der Waals surface area contributed by atoms with Crippen LogP contribution in [0.3, 0.4) is 0 Å². The molecule has 39 heavy (non-hydrogen) atoms. The number of hydrogen-bond acceptors (Lipinski definition) is 7. The van der Waals surface area contributed by atoms with Gasteiger partial charge in [-0.05, 0) is 42.2 Å². The Balaban J connectivity index is 1.33. The fourth-order valence-corrected chi connectivity index (χ4v) is 4.50. The fourth-order valence-electron chi connectivity index (χ4n) is 4.50. The number of piperidine rings is 1. The molecule has 12 heteroatoms. The van der Waals surface area contributed by atoms with Gasteiger partial charge in [0.25, 0.3) is 11.8 Å². The summed E-state index contributed by atoms with van der Waals surface area (Å²) in [5.74, 6) is -5.83. The molecule has 2 unspecified atom stereocenters. The Hall–Kier alpha value is -3.61. The summed E-state index contributed by atoms with van der Waals surface area (Å²) in [6, 6.07) is 9.26. The van der Waals surface area contributed by atoms with Crippen LogP contribution in [0.5, 0.6) is 5.75 Å². The van der Waals surface area contributed by atoms with E-state index < -0.39 is 35.6 Å². The SMILES string of the molecule is COCCOCCOc1cccc(C(F)(F)C(=O)NCc2ccc3c(c2)CN(C2CCC(O)NC2=O)C3=O)c1. The minimum atomic E-state index is -3.81. The quantitative estimate of drug-likeness (QED) is 0.345. The van der Waals surface area contributed by atoms with Crippen molar-refractivity contribution < 1.29 is 42.5 Å². The molecule has 0 radical (unpaired) electrons. The van der Waals surface area contributed by atoms with Gasteiger partial charge in [-0.15, -0.1) is 0 Å². The van der Waals surface area contributed by atoms with Crippen molar-refractivity contribution in [2.24, 2.45) is 0 Å².